The highest BCUT2D eigenvalue weighted by Crippen LogP contribution is 2.29. The van der Waals surface area contributed by atoms with Gasteiger partial charge in [0.15, 0.2) is 11.6 Å². The van der Waals surface area contributed by atoms with Gasteiger partial charge in [0.1, 0.15) is 17.2 Å². The number of hydrogen-bond donors (Lipinski definition) is 0. The van der Waals surface area contributed by atoms with E-state index in [1.807, 2.05) is 0 Å². The summed E-state index contributed by atoms with van der Waals surface area (Å²) in [6.45, 7) is 12.7. The molecule has 10 nitrogen and oxygen atoms in total. The smallest absolute Gasteiger partial charge is 0.343 e. The zero-order chi connectivity index (χ0) is 57.7. The van der Waals surface area contributed by atoms with Crippen LogP contribution in [-0.4, -0.2) is 50.3 Å². The van der Waals surface area contributed by atoms with E-state index in [4.69, 9.17) is 28.4 Å². The first-order valence-electron chi connectivity index (χ1n) is 31.0. The fourth-order valence-electron chi connectivity index (χ4n) is 9.41. The van der Waals surface area contributed by atoms with Gasteiger partial charge in [-0.1, -0.05) is 219 Å². The first-order valence-corrected chi connectivity index (χ1v) is 31.0. The number of rotatable bonds is 50. The molecule has 0 spiro atoms. The molecule has 0 aromatic heterocycles. The third-order valence-corrected chi connectivity index (χ3v) is 14.3. The maximum Gasteiger partial charge on any atom is 0.343 e. The highest BCUT2D eigenvalue weighted by Gasteiger charge is 2.20. The second-order valence-corrected chi connectivity index (χ2v) is 21.8. The van der Waals surface area contributed by atoms with Gasteiger partial charge in [-0.3, -0.25) is 0 Å². The highest BCUT2D eigenvalue weighted by atomic mass is 19.1. The number of hydrogen-bond acceptors (Lipinski definition) is 10. The Morgan fingerprint density at radius 3 is 0.838 bits per heavy atom. The second-order valence-electron chi connectivity index (χ2n) is 21.8. The molecule has 12 heteroatoms. The SMILES string of the molecule is C=C(C)C(=O)OCCCCCCCCCCCCCCCCCCCCOc1ccc(C(=O)Oc2cc(F)c(OC(=O)c3ccc(OCCCCCCCCCCCCCCCCCCCCOC(=O)C(=C)C)cc3)c(F)c2)cc1. The second kappa shape index (κ2) is 45.1. The van der Waals surface area contributed by atoms with Gasteiger partial charge in [-0.15, -0.1) is 0 Å². The van der Waals surface area contributed by atoms with E-state index in [1.54, 1.807) is 38.1 Å². The largest absolute Gasteiger partial charge is 0.494 e. The lowest BCUT2D eigenvalue weighted by molar-refractivity contribution is -0.139. The summed E-state index contributed by atoms with van der Waals surface area (Å²) in [4.78, 5) is 48.4. The molecule has 0 aliphatic heterocycles. The topological polar surface area (TPSA) is 124 Å². The molecule has 446 valence electrons. The molecular weight excluding hydrogens is 1010 g/mol. The van der Waals surface area contributed by atoms with Crippen molar-refractivity contribution in [1.29, 1.82) is 0 Å². The Labute approximate surface area is 480 Å². The van der Waals surface area contributed by atoms with Crippen molar-refractivity contribution in [2.24, 2.45) is 0 Å². The first-order chi connectivity index (χ1) is 38.9. The molecule has 0 N–H and O–H groups in total. The Hall–Kier alpha value is -5.52. The molecule has 0 unspecified atom stereocenters. The van der Waals surface area contributed by atoms with Gasteiger partial charge in [0.05, 0.1) is 37.6 Å². The normalized spacial score (nSPS) is 11.1. The van der Waals surface area contributed by atoms with E-state index in [0.29, 0.717) is 49.1 Å². The fourth-order valence-corrected chi connectivity index (χ4v) is 9.41. The molecule has 0 fully saturated rings. The van der Waals surface area contributed by atoms with Gasteiger partial charge in [-0.25, -0.2) is 28.0 Å². The molecule has 0 bridgehead atoms. The summed E-state index contributed by atoms with van der Waals surface area (Å²) in [5.41, 5.74) is 1.20. The first kappa shape index (κ1) is 68.8. The van der Waals surface area contributed by atoms with E-state index >= 15 is 8.78 Å². The minimum atomic E-state index is -1.19. The number of unbranched alkanes of at least 4 members (excludes halogenated alkanes) is 34. The quantitative estimate of drug-likeness (QED) is 0.0234. The molecule has 80 heavy (non-hydrogen) atoms. The number of halogens is 2. The summed E-state index contributed by atoms with van der Waals surface area (Å²) in [7, 11) is 0. The molecule has 0 amide bonds. The van der Waals surface area contributed by atoms with Crippen molar-refractivity contribution in [2.75, 3.05) is 26.4 Å². The third-order valence-electron chi connectivity index (χ3n) is 14.3. The molecule has 0 radical (unpaired) electrons. The van der Waals surface area contributed by atoms with E-state index in [2.05, 4.69) is 13.2 Å². The lowest BCUT2D eigenvalue weighted by Crippen LogP contribution is -2.12. The predicted octanol–water partition coefficient (Wildman–Crippen LogP) is 19.4. The summed E-state index contributed by atoms with van der Waals surface area (Å²) in [6.07, 6.45) is 44.2. The van der Waals surface area contributed by atoms with Crippen LogP contribution in [0.5, 0.6) is 23.0 Å². The van der Waals surface area contributed by atoms with E-state index in [0.717, 1.165) is 63.5 Å². The Morgan fingerprint density at radius 1 is 0.338 bits per heavy atom. The standard InChI is InChI=1S/C68H100F2O10/c1-55(2)65(71)77-51-39-35-31-27-23-19-15-11-7-5-9-13-17-21-25-29-33-37-49-75-59-45-41-57(42-46-59)67(73)79-61-53-62(69)64(63(70)54-61)80-68(74)58-43-47-60(48-44-58)76-50-38-34-30-26-22-18-14-10-6-8-12-16-20-24-28-32-36-40-52-78-66(72)56(3)4/h41-48,53-54H,1,3,5-40,49-52H2,2,4H3. The molecule has 3 aromatic rings. The van der Waals surface area contributed by atoms with Crippen LogP contribution in [0.15, 0.2) is 85.0 Å². The van der Waals surface area contributed by atoms with Gasteiger partial charge < -0.3 is 28.4 Å². The van der Waals surface area contributed by atoms with Crippen LogP contribution in [0.3, 0.4) is 0 Å². The summed E-state index contributed by atoms with van der Waals surface area (Å²) in [5, 5.41) is 0. The zero-order valence-electron chi connectivity index (χ0n) is 49.3. The summed E-state index contributed by atoms with van der Waals surface area (Å²) in [5.74, 6) is -4.75. The molecule has 0 saturated carbocycles. The van der Waals surface area contributed by atoms with E-state index in [1.165, 1.54) is 204 Å². The Morgan fingerprint density at radius 2 is 0.575 bits per heavy atom. The molecular formula is C68H100F2O10. The van der Waals surface area contributed by atoms with Crippen LogP contribution >= 0.6 is 0 Å². The van der Waals surface area contributed by atoms with Crippen LogP contribution in [0.1, 0.15) is 266 Å². The Bertz CT molecular complexity index is 2150. The fraction of sp³-hybridized carbons (Fsp3) is 0.618. The minimum Gasteiger partial charge on any atom is -0.494 e. The summed E-state index contributed by atoms with van der Waals surface area (Å²) in [6, 6.07) is 14.2. The van der Waals surface area contributed by atoms with Crippen LogP contribution in [0.2, 0.25) is 0 Å². The average molecular weight is 1120 g/mol. The van der Waals surface area contributed by atoms with Crippen LogP contribution < -0.4 is 18.9 Å². The van der Waals surface area contributed by atoms with Gasteiger partial charge in [0.2, 0.25) is 5.75 Å². The van der Waals surface area contributed by atoms with Gasteiger partial charge in [-0.2, -0.15) is 0 Å². The van der Waals surface area contributed by atoms with Crippen molar-refractivity contribution in [1.82, 2.24) is 0 Å². The molecule has 0 aliphatic carbocycles. The summed E-state index contributed by atoms with van der Waals surface area (Å²) >= 11 is 0. The van der Waals surface area contributed by atoms with Crippen LogP contribution in [0, 0.1) is 11.6 Å². The highest BCUT2D eigenvalue weighted by molar-refractivity contribution is 5.92. The Kier molecular flexibility index (Phi) is 38.8. The molecule has 0 atom stereocenters. The monoisotopic (exact) mass is 1110 g/mol. The number of carbonyl (C=O) groups is 4. The predicted molar refractivity (Wildman–Crippen MR) is 318 cm³/mol. The van der Waals surface area contributed by atoms with Crippen LogP contribution in [0.25, 0.3) is 0 Å². The van der Waals surface area contributed by atoms with Gasteiger partial charge >= 0.3 is 23.9 Å². The average Bonchev–Trinajstić information content (AvgIpc) is 3.45. The van der Waals surface area contributed by atoms with Gasteiger partial charge in [0, 0.05) is 23.3 Å². The van der Waals surface area contributed by atoms with E-state index in [9.17, 15) is 19.2 Å². The van der Waals surface area contributed by atoms with E-state index < -0.39 is 29.3 Å². The maximum absolute atomic E-state index is 15.0. The number of carbonyl (C=O) groups excluding carboxylic acids is 4. The third kappa shape index (κ3) is 33.9. The number of benzene rings is 3. The van der Waals surface area contributed by atoms with E-state index in [-0.39, 0.29) is 28.8 Å². The summed E-state index contributed by atoms with van der Waals surface area (Å²) < 4.78 is 62.4. The van der Waals surface area contributed by atoms with Crippen molar-refractivity contribution in [3.8, 4) is 23.0 Å². The molecule has 0 heterocycles. The van der Waals surface area contributed by atoms with Crippen molar-refractivity contribution >= 4 is 23.9 Å². The maximum atomic E-state index is 15.0. The van der Waals surface area contributed by atoms with Crippen molar-refractivity contribution in [3.05, 3.63) is 108 Å². The Balaban J connectivity index is 1.13. The molecule has 0 saturated heterocycles. The molecule has 3 rings (SSSR count). The van der Waals surface area contributed by atoms with Crippen molar-refractivity contribution in [2.45, 2.75) is 245 Å². The van der Waals surface area contributed by atoms with Crippen molar-refractivity contribution in [3.63, 3.8) is 0 Å². The number of esters is 4. The lowest BCUT2D eigenvalue weighted by Gasteiger charge is -2.11. The zero-order valence-corrected chi connectivity index (χ0v) is 49.3. The van der Waals surface area contributed by atoms with Crippen LogP contribution in [0.4, 0.5) is 8.78 Å². The molecule has 3 aromatic carbocycles. The van der Waals surface area contributed by atoms with Gasteiger partial charge in [0.25, 0.3) is 0 Å². The minimum absolute atomic E-state index is 0.0968. The molecule has 0 aliphatic rings. The van der Waals surface area contributed by atoms with Crippen molar-refractivity contribution < 1.29 is 56.4 Å². The van der Waals surface area contributed by atoms with Crippen LogP contribution in [-0.2, 0) is 19.1 Å². The lowest BCUT2D eigenvalue weighted by atomic mass is 10.0. The van der Waals surface area contributed by atoms with Gasteiger partial charge in [-0.05, 0) is 88.1 Å². The number of ether oxygens (including phenoxy) is 6.